The molecule has 0 radical (unpaired) electrons. The zero-order chi connectivity index (χ0) is 20.8. The summed E-state index contributed by atoms with van der Waals surface area (Å²) >= 11 is 0. The van der Waals surface area contributed by atoms with Gasteiger partial charge in [-0.2, -0.15) is 5.10 Å². The molecular weight excluding hydrogens is 501 g/mol. The normalized spacial score (nSPS) is 21.0. The first-order valence-electron chi connectivity index (χ1n) is 11.5. The summed E-state index contributed by atoms with van der Waals surface area (Å²) in [6.45, 7) is 6.63. The summed E-state index contributed by atoms with van der Waals surface area (Å²) in [4.78, 5) is 7.27. The first-order chi connectivity index (χ1) is 14.7. The molecular formula is C24H36IN5O. The van der Waals surface area contributed by atoms with Crippen molar-refractivity contribution in [3.8, 4) is 0 Å². The van der Waals surface area contributed by atoms with Crippen LogP contribution in [0.2, 0.25) is 0 Å². The Morgan fingerprint density at radius 3 is 2.97 bits per heavy atom. The largest absolute Gasteiger partial charge is 0.373 e. The van der Waals surface area contributed by atoms with E-state index in [9.17, 15) is 0 Å². The average molecular weight is 537 g/mol. The van der Waals surface area contributed by atoms with Gasteiger partial charge in [0.05, 0.1) is 12.3 Å². The number of aromatic nitrogens is 2. The Bertz CT molecular complexity index is 852. The molecule has 1 saturated heterocycles. The Hall–Kier alpha value is -1.61. The fraction of sp³-hybridized carbons (Fsp3) is 0.583. The maximum Gasteiger partial charge on any atom is 0.193 e. The summed E-state index contributed by atoms with van der Waals surface area (Å²) in [5.74, 6) is 1.57. The van der Waals surface area contributed by atoms with Gasteiger partial charge in [-0.15, -0.1) is 24.0 Å². The van der Waals surface area contributed by atoms with Gasteiger partial charge in [-0.05, 0) is 55.7 Å². The van der Waals surface area contributed by atoms with E-state index >= 15 is 0 Å². The third-order valence-corrected chi connectivity index (χ3v) is 6.22. The Balaban J connectivity index is 0.00000272. The SMILES string of the molecule is CCNC(=NCCCOC1CCCc2ccccc21)N1CCC(c2cnn(C)c2)C1.I. The predicted molar refractivity (Wildman–Crippen MR) is 136 cm³/mol. The molecule has 1 fully saturated rings. The molecule has 2 heterocycles. The molecule has 7 heteroatoms. The Labute approximate surface area is 203 Å². The van der Waals surface area contributed by atoms with Crippen LogP contribution in [0.5, 0.6) is 0 Å². The number of fused-ring (bicyclic) bond motifs is 1. The molecule has 1 aromatic heterocycles. The van der Waals surface area contributed by atoms with Gasteiger partial charge in [0.1, 0.15) is 0 Å². The minimum atomic E-state index is 0. The minimum Gasteiger partial charge on any atom is -0.373 e. The smallest absolute Gasteiger partial charge is 0.193 e. The topological polar surface area (TPSA) is 54.7 Å². The van der Waals surface area contributed by atoms with E-state index in [1.807, 2.05) is 17.9 Å². The highest BCUT2D eigenvalue weighted by Gasteiger charge is 2.27. The number of halogens is 1. The number of nitrogens with one attached hydrogen (secondary N) is 1. The van der Waals surface area contributed by atoms with E-state index in [-0.39, 0.29) is 30.1 Å². The Morgan fingerprint density at radius 2 is 2.16 bits per heavy atom. The fourth-order valence-corrected chi connectivity index (χ4v) is 4.66. The molecule has 0 spiro atoms. The van der Waals surface area contributed by atoms with E-state index in [0.29, 0.717) is 5.92 Å². The van der Waals surface area contributed by atoms with Gasteiger partial charge in [-0.25, -0.2) is 0 Å². The van der Waals surface area contributed by atoms with Crippen LogP contribution in [-0.4, -0.2) is 53.4 Å². The molecule has 1 aliphatic carbocycles. The quantitative estimate of drug-likeness (QED) is 0.248. The average Bonchev–Trinajstić information content (AvgIpc) is 3.42. The third-order valence-electron chi connectivity index (χ3n) is 6.22. The van der Waals surface area contributed by atoms with Crippen molar-refractivity contribution in [1.82, 2.24) is 20.0 Å². The molecule has 1 aromatic carbocycles. The fourth-order valence-electron chi connectivity index (χ4n) is 4.66. The maximum absolute atomic E-state index is 6.24. The van der Waals surface area contributed by atoms with Crippen molar-refractivity contribution in [3.05, 3.63) is 53.3 Å². The number of ether oxygens (including phenoxy) is 1. The van der Waals surface area contributed by atoms with E-state index in [4.69, 9.17) is 9.73 Å². The van der Waals surface area contributed by atoms with Gasteiger partial charge in [0, 0.05) is 51.9 Å². The molecule has 2 unspecified atom stereocenters. The number of aryl methyl sites for hydroxylation is 2. The van der Waals surface area contributed by atoms with Gasteiger partial charge in [0.25, 0.3) is 0 Å². The van der Waals surface area contributed by atoms with Crippen LogP contribution in [0.4, 0.5) is 0 Å². The highest BCUT2D eigenvalue weighted by molar-refractivity contribution is 14.0. The van der Waals surface area contributed by atoms with Crippen molar-refractivity contribution in [1.29, 1.82) is 0 Å². The highest BCUT2D eigenvalue weighted by Crippen LogP contribution is 2.32. The summed E-state index contributed by atoms with van der Waals surface area (Å²) in [5.41, 5.74) is 4.18. The van der Waals surface area contributed by atoms with Gasteiger partial charge in [-0.3, -0.25) is 9.67 Å². The Kier molecular flexibility index (Phi) is 9.19. The van der Waals surface area contributed by atoms with E-state index in [1.165, 1.54) is 29.5 Å². The van der Waals surface area contributed by atoms with Gasteiger partial charge in [0.15, 0.2) is 5.96 Å². The molecule has 1 N–H and O–H groups in total. The van der Waals surface area contributed by atoms with Crippen molar-refractivity contribution in [3.63, 3.8) is 0 Å². The van der Waals surface area contributed by atoms with Crippen molar-refractivity contribution >= 4 is 29.9 Å². The molecule has 4 rings (SSSR count). The number of guanidine groups is 1. The van der Waals surface area contributed by atoms with Crippen LogP contribution in [0.1, 0.15) is 61.3 Å². The van der Waals surface area contributed by atoms with Crippen LogP contribution in [0, 0.1) is 0 Å². The molecule has 31 heavy (non-hydrogen) atoms. The van der Waals surface area contributed by atoms with Crippen LogP contribution in [-0.2, 0) is 18.2 Å². The van der Waals surface area contributed by atoms with Crippen LogP contribution in [0.15, 0.2) is 41.7 Å². The molecule has 170 valence electrons. The van der Waals surface area contributed by atoms with E-state index < -0.39 is 0 Å². The molecule has 1 aliphatic heterocycles. The minimum absolute atomic E-state index is 0. The van der Waals surface area contributed by atoms with E-state index in [1.54, 1.807) is 0 Å². The molecule has 2 aliphatic rings. The second-order valence-electron chi connectivity index (χ2n) is 8.42. The van der Waals surface area contributed by atoms with Crippen LogP contribution in [0.25, 0.3) is 0 Å². The number of benzene rings is 1. The number of aliphatic imine (C=N–C) groups is 1. The molecule has 2 aromatic rings. The van der Waals surface area contributed by atoms with Crippen molar-refractivity contribution < 1.29 is 4.74 Å². The lowest BCUT2D eigenvalue weighted by Crippen LogP contribution is -2.40. The molecule has 6 nitrogen and oxygen atoms in total. The van der Waals surface area contributed by atoms with E-state index in [0.717, 1.165) is 58.0 Å². The van der Waals surface area contributed by atoms with Crippen LogP contribution >= 0.6 is 24.0 Å². The number of hydrogen-bond acceptors (Lipinski definition) is 3. The van der Waals surface area contributed by atoms with Crippen molar-refractivity contribution in [2.24, 2.45) is 12.0 Å². The molecule has 0 bridgehead atoms. The van der Waals surface area contributed by atoms with Gasteiger partial charge in [-0.1, -0.05) is 24.3 Å². The summed E-state index contributed by atoms with van der Waals surface area (Å²) in [6, 6.07) is 8.73. The molecule has 0 amide bonds. The maximum atomic E-state index is 6.24. The summed E-state index contributed by atoms with van der Waals surface area (Å²) in [5, 5.41) is 7.80. The van der Waals surface area contributed by atoms with E-state index in [2.05, 4.69) is 52.7 Å². The van der Waals surface area contributed by atoms with Crippen LogP contribution < -0.4 is 5.32 Å². The lowest BCUT2D eigenvalue weighted by Gasteiger charge is -2.25. The van der Waals surface area contributed by atoms with Crippen LogP contribution in [0.3, 0.4) is 0 Å². The van der Waals surface area contributed by atoms with Gasteiger partial charge in [0.2, 0.25) is 0 Å². The number of nitrogens with zero attached hydrogens (tertiary/aromatic N) is 4. The summed E-state index contributed by atoms with van der Waals surface area (Å²) in [7, 11) is 1.98. The zero-order valence-electron chi connectivity index (χ0n) is 18.8. The summed E-state index contributed by atoms with van der Waals surface area (Å²) < 4.78 is 8.13. The monoisotopic (exact) mass is 537 g/mol. The zero-order valence-corrected chi connectivity index (χ0v) is 21.1. The Morgan fingerprint density at radius 1 is 1.29 bits per heavy atom. The first kappa shape index (κ1) is 24.0. The summed E-state index contributed by atoms with van der Waals surface area (Å²) in [6.07, 6.45) is 10.0. The van der Waals surface area contributed by atoms with Crippen molar-refractivity contribution in [2.45, 2.75) is 51.0 Å². The first-order valence-corrected chi connectivity index (χ1v) is 11.5. The third kappa shape index (κ3) is 6.22. The molecule has 0 saturated carbocycles. The van der Waals surface area contributed by atoms with Gasteiger partial charge < -0.3 is 15.0 Å². The second kappa shape index (κ2) is 11.9. The number of hydrogen-bond donors (Lipinski definition) is 1. The predicted octanol–water partition coefficient (Wildman–Crippen LogP) is 4.28. The highest BCUT2D eigenvalue weighted by atomic mass is 127. The second-order valence-corrected chi connectivity index (χ2v) is 8.42. The lowest BCUT2D eigenvalue weighted by atomic mass is 9.89. The number of rotatable bonds is 7. The lowest BCUT2D eigenvalue weighted by molar-refractivity contribution is 0.0402. The molecule has 2 atom stereocenters. The standard InChI is InChI=1S/C24H35N5O.HI/c1-3-25-24(29-14-12-20(18-29)21-16-27-28(2)17-21)26-13-7-15-30-23-11-6-9-19-8-4-5-10-22(19)23;/h4-5,8,10,16-17,20,23H,3,6-7,9,11-15,18H2,1-2H3,(H,25,26);1H. The number of likely N-dealkylation sites (tertiary alicyclic amines) is 1. The van der Waals surface area contributed by atoms with Crippen molar-refractivity contribution in [2.75, 3.05) is 32.8 Å². The van der Waals surface area contributed by atoms with Gasteiger partial charge >= 0.3 is 0 Å².